The second kappa shape index (κ2) is 3.49. The zero-order valence-electron chi connectivity index (χ0n) is 9.04. The zero-order chi connectivity index (χ0) is 9.95. The summed E-state index contributed by atoms with van der Waals surface area (Å²) in [6.07, 6.45) is 10.8. The average molecular weight is 177 g/mol. The van der Waals surface area contributed by atoms with Gasteiger partial charge in [-0.05, 0) is 0 Å². The summed E-state index contributed by atoms with van der Waals surface area (Å²) in [4.78, 5) is 4.35. The van der Waals surface area contributed by atoms with Gasteiger partial charge in [0.15, 0.2) is 0 Å². The van der Waals surface area contributed by atoms with Crippen molar-refractivity contribution in [3.63, 3.8) is 0 Å². The molecule has 0 aromatic rings. The van der Waals surface area contributed by atoms with E-state index >= 15 is 0 Å². The first-order valence-corrected chi connectivity index (χ1v) is 4.80. The van der Waals surface area contributed by atoms with Crippen molar-refractivity contribution < 1.29 is 0 Å². The van der Waals surface area contributed by atoms with Crippen molar-refractivity contribution in [3.8, 4) is 0 Å². The van der Waals surface area contributed by atoms with E-state index in [1.54, 1.807) is 0 Å². The molecule has 1 heteroatoms. The number of aliphatic imine (C=N–C) groups is 1. The third-order valence-electron chi connectivity index (χ3n) is 2.12. The highest BCUT2D eigenvalue weighted by Crippen LogP contribution is 2.24. The lowest BCUT2D eigenvalue weighted by molar-refractivity contribution is 0.604. The summed E-state index contributed by atoms with van der Waals surface area (Å²) in [6.45, 7) is 9.57. The van der Waals surface area contributed by atoms with Gasteiger partial charge in [0, 0.05) is 17.0 Å². The second-order valence-electron chi connectivity index (χ2n) is 4.87. The number of nitrogens with zero attached hydrogens (tertiary/aromatic N) is 1. The zero-order valence-corrected chi connectivity index (χ0v) is 9.04. The van der Waals surface area contributed by atoms with Gasteiger partial charge in [0.05, 0.1) is 6.54 Å². The van der Waals surface area contributed by atoms with E-state index in [9.17, 15) is 0 Å². The van der Waals surface area contributed by atoms with Crippen LogP contribution in [0.5, 0.6) is 0 Å². The summed E-state index contributed by atoms with van der Waals surface area (Å²) in [5.74, 6) is 0. The largest absolute Gasteiger partial charge is 0.293 e. The summed E-state index contributed by atoms with van der Waals surface area (Å²) in [5.41, 5.74) is 0.244. The summed E-state index contributed by atoms with van der Waals surface area (Å²) in [7, 11) is 0. The van der Waals surface area contributed by atoms with E-state index in [2.05, 4.69) is 57.0 Å². The Kier molecular flexibility index (Phi) is 2.74. The molecule has 0 amide bonds. The molecule has 0 aromatic heterocycles. The van der Waals surface area contributed by atoms with Crippen LogP contribution in [0.2, 0.25) is 0 Å². The van der Waals surface area contributed by atoms with Crippen LogP contribution in [0.4, 0.5) is 0 Å². The van der Waals surface area contributed by atoms with Crippen LogP contribution in [0.25, 0.3) is 0 Å². The number of rotatable bonds is 0. The van der Waals surface area contributed by atoms with Crippen molar-refractivity contribution in [2.45, 2.75) is 27.7 Å². The summed E-state index contributed by atoms with van der Waals surface area (Å²) >= 11 is 0. The molecule has 1 nitrogen and oxygen atoms in total. The lowest BCUT2D eigenvalue weighted by Gasteiger charge is -2.18. The average Bonchev–Trinajstić information content (AvgIpc) is 2.04. The van der Waals surface area contributed by atoms with Gasteiger partial charge >= 0.3 is 0 Å². The topological polar surface area (TPSA) is 12.4 Å². The molecule has 0 atom stereocenters. The second-order valence-corrected chi connectivity index (χ2v) is 4.87. The molecule has 0 aromatic carbocycles. The van der Waals surface area contributed by atoms with E-state index < -0.39 is 0 Å². The maximum atomic E-state index is 4.35. The molecular formula is C12H19N. The fourth-order valence-corrected chi connectivity index (χ4v) is 1.23. The van der Waals surface area contributed by atoms with Crippen molar-refractivity contribution in [3.05, 3.63) is 24.3 Å². The quantitative estimate of drug-likeness (QED) is 0.504. The van der Waals surface area contributed by atoms with Crippen molar-refractivity contribution in [1.29, 1.82) is 0 Å². The minimum absolute atomic E-state index is 0.0866. The normalized spacial score (nSPS) is 27.4. The maximum absolute atomic E-state index is 4.35. The molecule has 72 valence electrons. The van der Waals surface area contributed by atoms with Crippen molar-refractivity contribution >= 4 is 6.21 Å². The highest BCUT2D eigenvalue weighted by atomic mass is 14.7. The first-order chi connectivity index (χ1) is 5.91. The Morgan fingerprint density at radius 2 is 1.54 bits per heavy atom. The molecule has 0 radical (unpaired) electrons. The Labute approximate surface area is 81.3 Å². The molecule has 0 N–H and O–H groups in total. The molecule has 13 heavy (non-hydrogen) atoms. The van der Waals surface area contributed by atoms with Crippen molar-refractivity contribution in [1.82, 2.24) is 0 Å². The highest BCUT2D eigenvalue weighted by Gasteiger charge is 2.15. The van der Waals surface area contributed by atoms with Gasteiger partial charge in [0.2, 0.25) is 0 Å². The van der Waals surface area contributed by atoms with Gasteiger partial charge in [-0.2, -0.15) is 0 Å². The van der Waals surface area contributed by atoms with Crippen LogP contribution in [0.1, 0.15) is 27.7 Å². The SMILES string of the molecule is CC1(C)C=CCN=CC(C)(C)/C=C\1. The smallest absolute Gasteiger partial charge is 0.0567 e. The first-order valence-electron chi connectivity index (χ1n) is 4.80. The number of hydrogen-bond acceptors (Lipinski definition) is 1. The van der Waals surface area contributed by atoms with Crippen LogP contribution in [0.3, 0.4) is 0 Å². The van der Waals surface area contributed by atoms with E-state index in [0.717, 1.165) is 6.54 Å². The van der Waals surface area contributed by atoms with E-state index in [0.29, 0.717) is 0 Å². The fourth-order valence-electron chi connectivity index (χ4n) is 1.23. The van der Waals surface area contributed by atoms with Crippen LogP contribution in [-0.4, -0.2) is 12.8 Å². The summed E-state index contributed by atoms with van der Waals surface area (Å²) in [6, 6.07) is 0. The Hall–Kier alpha value is -0.850. The molecule has 0 aliphatic carbocycles. The van der Waals surface area contributed by atoms with E-state index in [4.69, 9.17) is 0 Å². The summed E-state index contributed by atoms with van der Waals surface area (Å²) in [5, 5.41) is 0. The molecule has 0 saturated heterocycles. The Morgan fingerprint density at radius 3 is 2.23 bits per heavy atom. The number of hydrogen-bond donors (Lipinski definition) is 0. The van der Waals surface area contributed by atoms with Crippen LogP contribution in [-0.2, 0) is 0 Å². The predicted molar refractivity (Wildman–Crippen MR) is 59.2 cm³/mol. The van der Waals surface area contributed by atoms with E-state index in [1.165, 1.54) is 0 Å². The van der Waals surface area contributed by atoms with Crippen LogP contribution in [0, 0.1) is 10.8 Å². The van der Waals surface area contributed by atoms with Gasteiger partial charge in [0.25, 0.3) is 0 Å². The molecule has 1 aliphatic heterocycles. The van der Waals surface area contributed by atoms with E-state index in [-0.39, 0.29) is 10.8 Å². The molecule has 1 rings (SSSR count). The standard InChI is InChI=1S/C12H19N/c1-11(2)6-5-9-13-10-12(3,4)8-7-11/h5-8,10H,9H2,1-4H3/b6-5?,8-7-,13-10?. The lowest BCUT2D eigenvalue weighted by atomic mass is 9.87. The van der Waals surface area contributed by atoms with Crippen LogP contribution < -0.4 is 0 Å². The monoisotopic (exact) mass is 177 g/mol. The molecule has 1 aliphatic rings. The van der Waals surface area contributed by atoms with Crippen LogP contribution >= 0.6 is 0 Å². The van der Waals surface area contributed by atoms with Crippen LogP contribution in [0.15, 0.2) is 29.3 Å². The van der Waals surface area contributed by atoms with Gasteiger partial charge < -0.3 is 0 Å². The van der Waals surface area contributed by atoms with Crippen molar-refractivity contribution in [2.75, 3.05) is 6.54 Å². The fraction of sp³-hybridized carbons (Fsp3) is 0.583. The molecule has 0 bridgehead atoms. The molecule has 0 fully saturated rings. The van der Waals surface area contributed by atoms with Gasteiger partial charge in [-0.3, -0.25) is 4.99 Å². The van der Waals surface area contributed by atoms with E-state index in [1.807, 2.05) is 6.21 Å². The van der Waals surface area contributed by atoms with Gasteiger partial charge in [-0.1, -0.05) is 52.0 Å². The Bertz CT molecular complexity index is 228. The van der Waals surface area contributed by atoms with Gasteiger partial charge in [-0.15, -0.1) is 0 Å². The van der Waals surface area contributed by atoms with Gasteiger partial charge in [0.1, 0.15) is 0 Å². The third kappa shape index (κ3) is 3.58. The lowest BCUT2D eigenvalue weighted by Crippen LogP contribution is -2.11. The molecular weight excluding hydrogens is 158 g/mol. The number of allylic oxidation sites excluding steroid dienone is 3. The minimum atomic E-state index is 0.0866. The molecule has 0 spiro atoms. The minimum Gasteiger partial charge on any atom is -0.293 e. The maximum Gasteiger partial charge on any atom is 0.0567 e. The highest BCUT2D eigenvalue weighted by molar-refractivity contribution is 5.67. The van der Waals surface area contributed by atoms with Gasteiger partial charge in [-0.25, -0.2) is 0 Å². The summed E-state index contributed by atoms with van der Waals surface area (Å²) < 4.78 is 0. The van der Waals surface area contributed by atoms with Crippen molar-refractivity contribution in [2.24, 2.45) is 15.8 Å². The molecule has 0 saturated carbocycles. The predicted octanol–water partition coefficient (Wildman–Crippen LogP) is 3.24. The third-order valence-corrected chi connectivity index (χ3v) is 2.12. The Morgan fingerprint density at radius 1 is 0.923 bits per heavy atom. The Balaban J connectivity index is 2.92. The first kappa shape index (κ1) is 10.2. The molecule has 1 heterocycles. The molecule has 0 unspecified atom stereocenters.